The lowest BCUT2D eigenvalue weighted by Gasteiger charge is -2.38. The van der Waals surface area contributed by atoms with Crippen molar-refractivity contribution in [3.63, 3.8) is 0 Å². The van der Waals surface area contributed by atoms with Crippen molar-refractivity contribution in [1.29, 1.82) is 0 Å². The number of aryl methyl sites for hydroxylation is 1. The van der Waals surface area contributed by atoms with Crippen LogP contribution in [0.1, 0.15) is 31.4 Å². The van der Waals surface area contributed by atoms with Crippen molar-refractivity contribution in [3.05, 3.63) is 110 Å². The maximum absolute atomic E-state index is 14.5. The lowest BCUT2D eigenvalue weighted by Crippen LogP contribution is -2.49. The molecule has 0 unspecified atom stereocenters. The number of carbonyl (C=O) groups excluding carboxylic acids is 2. The molecule has 1 saturated heterocycles. The highest BCUT2D eigenvalue weighted by atomic mass is 79.9. The molecule has 45 heavy (non-hydrogen) atoms. The molecular weight excluding hydrogens is 676 g/mol. The van der Waals surface area contributed by atoms with Gasteiger partial charge in [0.1, 0.15) is 10.5 Å². The summed E-state index contributed by atoms with van der Waals surface area (Å²) in [5.41, 5.74) is 8.69. The molecule has 3 aromatic carbocycles. The Bertz CT molecular complexity index is 1980. The molecule has 3 heterocycles. The van der Waals surface area contributed by atoms with Gasteiger partial charge >= 0.3 is 0 Å². The molecule has 0 saturated carbocycles. The van der Waals surface area contributed by atoms with E-state index in [4.69, 9.17) is 10.2 Å². The number of sulfonamides is 1. The monoisotopic (exact) mass is 706 g/mol. The highest BCUT2D eigenvalue weighted by molar-refractivity contribution is 9.10. The van der Waals surface area contributed by atoms with Crippen molar-refractivity contribution in [2.75, 3.05) is 41.9 Å². The zero-order valence-electron chi connectivity index (χ0n) is 24.5. The van der Waals surface area contributed by atoms with Crippen LogP contribution in [0.2, 0.25) is 0 Å². The minimum Gasteiger partial charge on any atom is -0.451 e. The third-order valence-corrected chi connectivity index (χ3v) is 11.7. The molecule has 1 aliphatic heterocycles. The van der Waals surface area contributed by atoms with E-state index in [9.17, 15) is 18.0 Å². The van der Waals surface area contributed by atoms with Crippen molar-refractivity contribution in [3.8, 4) is 0 Å². The Morgan fingerprint density at radius 3 is 2.38 bits per heavy atom. The fourth-order valence-electron chi connectivity index (χ4n) is 5.65. The van der Waals surface area contributed by atoms with Crippen LogP contribution in [0.25, 0.3) is 11.0 Å². The fraction of sp³-hybridized carbons (Fsp3) is 0.212. The molecule has 12 heteroatoms. The molecule has 1 fully saturated rings. The molecule has 0 radical (unpaired) electrons. The normalized spacial score (nSPS) is 13.7. The fourth-order valence-corrected chi connectivity index (χ4v) is 8.67. The van der Waals surface area contributed by atoms with E-state index in [0.717, 1.165) is 15.7 Å². The first-order valence-electron chi connectivity index (χ1n) is 14.4. The number of para-hydroxylation sites is 2. The van der Waals surface area contributed by atoms with Gasteiger partial charge in [0.15, 0.2) is 5.76 Å². The molecule has 0 spiro atoms. The van der Waals surface area contributed by atoms with E-state index >= 15 is 0 Å². The van der Waals surface area contributed by atoms with Crippen LogP contribution in [0.4, 0.5) is 11.4 Å². The van der Waals surface area contributed by atoms with E-state index in [1.54, 1.807) is 19.1 Å². The Hall–Kier alpha value is -4.13. The van der Waals surface area contributed by atoms with Gasteiger partial charge in [0.25, 0.3) is 21.8 Å². The van der Waals surface area contributed by atoms with Crippen LogP contribution in [0, 0.1) is 6.92 Å². The van der Waals surface area contributed by atoms with Crippen LogP contribution in [0.5, 0.6) is 0 Å². The quantitative estimate of drug-likeness (QED) is 0.199. The van der Waals surface area contributed by atoms with E-state index in [-0.39, 0.29) is 23.1 Å². The second-order valence-electron chi connectivity index (χ2n) is 10.8. The first-order chi connectivity index (χ1) is 21.6. The van der Waals surface area contributed by atoms with Crippen molar-refractivity contribution >= 4 is 71.4 Å². The number of anilines is 2. The number of hydrogen-bond donors (Lipinski definition) is 1. The topological polar surface area (TPSA) is 117 Å². The number of rotatable bonds is 9. The number of benzene rings is 3. The number of primary amides is 1. The van der Waals surface area contributed by atoms with Crippen LogP contribution in [-0.4, -0.2) is 57.9 Å². The summed E-state index contributed by atoms with van der Waals surface area (Å²) < 4.78 is 36.9. The van der Waals surface area contributed by atoms with E-state index < -0.39 is 15.9 Å². The Morgan fingerprint density at radius 1 is 0.978 bits per heavy atom. The summed E-state index contributed by atoms with van der Waals surface area (Å²) in [6.45, 7) is 4.00. The molecule has 5 aromatic rings. The molecule has 0 bridgehead atoms. The van der Waals surface area contributed by atoms with Crippen molar-refractivity contribution < 1.29 is 22.4 Å². The van der Waals surface area contributed by atoms with Gasteiger partial charge in [-0.1, -0.05) is 42.5 Å². The molecule has 0 aliphatic carbocycles. The molecule has 0 atom stereocenters. The number of piperazine rings is 1. The zero-order valence-corrected chi connectivity index (χ0v) is 27.7. The third kappa shape index (κ3) is 6.09. The van der Waals surface area contributed by atoms with Crippen LogP contribution in [0.15, 0.2) is 98.0 Å². The second kappa shape index (κ2) is 12.7. The van der Waals surface area contributed by atoms with E-state index in [1.165, 1.54) is 21.7 Å². The van der Waals surface area contributed by atoms with Gasteiger partial charge in [-0.25, -0.2) is 8.42 Å². The smallest absolute Gasteiger partial charge is 0.284 e. The summed E-state index contributed by atoms with van der Waals surface area (Å²) in [5.74, 6) is -0.715. The summed E-state index contributed by atoms with van der Waals surface area (Å²) in [5, 5.41) is 2.40. The van der Waals surface area contributed by atoms with Crippen LogP contribution in [0.3, 0.4) is 0 Å². The molecule has 1 aliphatic rings. The number of nitrogens with zero attached hydrogens (tertiary/aromatic N) is 3. The lowest BCUT2D eigenvalue weighted by atomic mass is 10.1. The molecule has 232 valence electrons. The highest BCUT2D eigenvalue weighted by Gasteiger charge is 2.31. The van der Waals surface area contributed by atoms with Gasteiger partial charge in [-0.05, 0) is 76.6 Å². The molecular formula is C33H31BrN4O5S2. The highest BCUT2D eigenvalue weighted by Crippen LogP contribution is 2.36. The summed E-state index contributed by atoms with van der Waals surface area (Å²) in [7, 11) is -4.08. The Kier molecular flexibility index (Phi) is 8.71. The number of furan rings is 1. The van der Waals surface area contributed by atoms with E-state index in [0.29, 0.717) is 59.7 Å². The number of carbonyl (C=O) groups is 2. The van der Waals surface area contributed by atoms with Crippen LogP contribution < -0.4 is 14.9 Å². The lowest BCUT2D eigenvalue weighted by molar-refractivity contribution is 0.0750. The average Bonchev–Trinajstić information content (AvgIpc) is 3.64. The minimum atomic E-state index is -4.08. The molecule has 6 rings (SSSR count). The average molecular weight is 708 g/mol. The summed E-state index contributed by atoms with van der Waals surface area (Å²) in [4.78, 5) is 29.7. The summed E-state index contributed by atoms with van der Waals surface area (Å²) in [6.07, 6.45) is 0.491. The predicted octanol–water partition coefficient (Wildman–Crippen LogP) is 6.06. The Labute approximate surface area is 274 Å². The van der Waals surface area contributed by atoms with Gasteiger partial charge < -0.3 is 20.0 Å². The van der Waals surface area contributed by atoms with Gasteiger partial charge in [0, 0.05) is 48.1 Å². The molecule has 2 aromatic heterocycles. The van der Waals surface area contributed by atoms with Crippen molar-refractivity contribution in [2.45, 2.75) is 18.2 Å². The molecule has 2 N–H and O–H groups in total. The van der Waals surface area contributed by atoms with Gasteiger partial charge in [0.2, 0.25) is 0 Å². The van der Waals surface area contributed by atoms with Crippen molar-refractivity contribution in [1.82, 2.24) is 4.90 Å². The zero-order chi connectivity index (χ0) is 31.7. The predicted molar refractivity (Wildman–Crippen MR) is 181 cm³/mol. The van der Waals surface area contributed by atoms with E-state index in [2.05, 4.69) is 20.8 Å². The van der Waals surface area contributed by atoms with Gasteiger partial charge in [-0.15, -0.1) is 11.3 Å². The van der Waals surface area contributed by atoms with Gasteiger partial charge in [-0.3, -0.25) is 13.9 Å². The van der Waals surface area contributed by atoms with Crippen LogP contribution in [-0.2, 0) is 16.4 Å². The third-order valence-electron chi connectivity index (χ3n) is 8.04. The minimum absolute atomic E-state index is 0.00916. The first-order valence-corrected chi connectivity index (χ1v) is 17.5. The first kappa shape index (κ1) is 30.9. The second-order valence-corrected chi connectivity index (χ2v) is 14.4. The van der Waals surface area contributed by atoms with E-state index in [1.807, 2.05) is 70.9 Å². The largest absolute Gasteiger partial charge is 0.451 e. The number of halogens is 1. The molecule has 2 amide bonds. The molecule has 9 nitrogen and oxygen atoms in total. The summed E-state index contributed by atoms with van der Waals surface area (Å²) in [6, 6.07) is 23.7. The van der Waals surface area contributed by atoms with Crippen LogP contribution >= 0.6 is 27.3 Å². The van der Waals surface area contributed by atoms with Gasteiger partial charge in [-0.2, -0.15) is 0 Å². The van der Waals surface area contributed by atoms with Gasteiger partial charge in [0.05, 0.1) is 16.3 Å². The summed E-state index contributed by atoms with van der Waals surface area (Å²) >= 11 is 4.88. The number of thiophene rings is 1. The number of amides is 2. The SMILES string of the molecule is Cc1c(C(N)=O)oc2ccc(S(=O)(=O)N(CCc3ccccc3)c3ccccc3N3CCN(C(=O)c4sccc4Br)CC3)cc12. The standard InChI is InChI=1S/C33H31BrN4O5S2/c1-22-25-21-24(11-12-29(25)43-30(22)32(35)39)45(41,42)38(15-13-23-7-3-2-4-8-23)28-10-6-5-9-27(28)36-16-18-37(19-17-36)33(40)31-26(34)14-20-44-31/h2-12,14,20-21H,13,15-19H2,1H3,(H2,35,39). The maximum atomic E-state index is 14.5. The number of hydrogen-bond acceptors (Lipinski definition) is 7. The Balaban J connectivity index is 1.34. The Morgan fingerprint density at radius 2 is 1.69 bits per heavy atom. The number of nitrogens with two attached hydrogens (primary N) is 1. The maximum Gasteiger partial charge on any atom is 0.284 e. The number of fused-ring (bicyclic) bond motifs is 1. The van der Waals surface area contributed by atoms with Crippen molar-refractivity contribution in [2.24, 2.45) is 5.73 Å².